The summed E-state index contributed by atoms with van der Waals surface area (Å²) in [7, 11) is 0. The molecule has 1 saturated heterocycles. The summed E-state index contributed by atoms with van der Waals surface area (Å²) < 4.78 is 41.3. The van der Waals surface area contributed by atoms with Gasteiger partial charge in [-0.3, -0.25) is 9.59 Å². The number of halogens is 3. The number of alkyl halides is 3. The average Bonchev–Trinajstić information content (AvgIpc) is 2.92. The fourth-order valence-corrected chi connectivity index (χ4v) is 2.93. The Kier molecular flexibility index (Phi) is 4.77. The SMILES string of the molecule is CC(C)C1(C(=O)O)CCN(C(=O)c2ccccc2OC(F)(F)F)C1. The topological polar surface area (TPSA) is 66.8 Å². The van der Waals surface area contributed by atoms with Gasteiger partial charge in [-0.2, -0.15) is 0 Å². The van der Waals surface area contributed by atoms with Crippen molar-refractivity contribution in [3.63, 3.8) is 0 Å². The van der Waals surface area contributed by atoms with Crippen molar-refractivity contribution in [2.24, 2.45) is 11.3 Å². The fraction of sp³-hybridized carbons (Fsp3) is 0.500. The molecule has 2 rings (SSSR count). The summed E-state index contributed by atoms with van der Waals surface area (Å²) in [5.41, 5.74) is -1.32. The lowest BCUT2D eigenvalue weighted by atomic mass is 9.76. The lowest BCUT2D eigenvalue weighted by molar-refractivity contribution is -0.274. The van der Waals surface area contributed by atoms with Gasteiger partial charge in [0.25, 0.3) is 5.91 Å². The van der Waals surface area contributed by atoms with Crippen molar-refractivity contribution in [2.75, 3.05) is 13.1 Å². The van der Waals surface area contributed by atoms with E-state index in [9.17, 15) is 27.9 Å². The fourth-order valence-electron chi connectivity index (χ4n) is 2.93. The molecule has 1 N–H and O–H groups in total. The number of hydrogen-bond donors (Lipinski definition) is 1. The number of para-hydroxylation sites is 1. The van der Waals surface area contributed by atoms with Gasteiger partial charge in [-0.25, -0.2) is 0 Å². The number of carbonyl (C=O) groups excluding carboxylic acids is 1. The molecule has 0 spiro atoms. The number of carboxylic acids is 1. The van der Waals surface area contributed by atoms with Gasteiger partial charge in [0.2, 0.25) is 0 Å². The first-order valence-corrected chi connectivity index (χ1v) is 7.44. The number of carboxylic acid groups (broad SMARTS) is 1. The van der Waals surface area contributed by atoms with Crippen LogP contribution in [0.5, 0.6) is 5.75 Å². The molecule has 1 fully saturated rings. The van der Waals surface area contributed by atoms with Crippen LogP contribution in [0, 0.1) is 11.3 Å². The number of nitrogens with zero attached hydrogens (tertiary/aromatic N) is 1. The number of likely N-dealkylation sites (tertiary alicyclic amines) is 1. The van der Waals surface area contributed by atoms with Crippen LogP contribution in [0.1, 0.15) is 30.6 Å². The van der Waals surface area contributed by atoms with Crippen LogP contribution >= 0.6 is 0 Å². The second-order valence-electron chi connectivity index (χ2n) is 6.14. The van der Waals surface area contributed by atoms with Crippen LogP contribution in [0.2, 0.25) is 0 Å². The summed E-state index contributed by atoms with van der Waals surface area (Å²) >= 11 is 0. The maximum absolute atomic E-state index is 12.6. The number of aliphatic carboxylic acids is 1. The van der Waals surface area contributed by atoms with Gasteiger partial charge < -0.3 is 14.7 Å². The van der Waals surface area contributed by atoms with Crippen molar-refractivity contribution in [2.45, 2.75) is 26.6 Å². The van der Waals surface area contributed by atoms with Crippen molar-refractivity contribution >= 4 is 11.9 Å². The largest absolute Gasteiger partial charge is 0.573 e. The molecular weight excluding hydrogens is 327 g/mol. The number of hydrogen-bond acceptors (Lipinski definition) is 3. The molecule has 0 bridgehead atoms. The Labute approximate surface area is 137 Å². The zero-order valence-electron chi connectivity index (χ0n) is 13.3. The molecule has 1 heterocycles. The Morgan fingerprint density at radius 1 is 1.29 bits per heavy atom. The van der Waals surface area contributed by atoms with E-state index in [-0.39, 0.29) is 31.0 Å². The predicted octanol–water partition coefficient (Wildman–Crippen LogP) is 3.16. The molecule has 1 aliphatic heterocycles. The average molecular weight is 345 g/mol. The van der Waals surface area contributed by atoms with E-state index < -0.39 is 29.4 Å². The molecule has 1 unspecified atom stereocenters. The summed E-state index contributed by atoms with van der Waals surface area (Å²) in [5.74, 6) is -2.48. The van der Waals surface area contributed by atoms with Crippen molar-refractivity contribution < 1.29 is 32.6 Å². The van der Waals surface area contributed by atoms with E-state index in [1.165, 1.54) is 23.1 Å². The second-order valence-corrected chi connectivity index (χ2v) is 6.14. The summed E-state index contributed by atoms with van der Waals surface area (Å²) in [6, 6.07) is 5.06. The molecule has 1 aromatic rings. The summed E-state index contributed by atoms with van der Waals surface area (Å²) in [4.78, 5) is 25.5. The third kappa shape index (κ3) is 3.47. The molecule has 0 saturated carbocycles. The first-order chi connectivity index (χ1) is 11.1. The quantitative estimate of drug-likeness (QED) is 0.910. The van der Waals surface area contributed by atoms with Crippen LogP contribution in [0.15, 0.2) is 24.3 Å². The molecule has 1 aliphatic rings. The molecule has 8 heteroatoms. The Morgan fingerprint density at radius 2 is 1.92 bits per heavy atom. The first kappa shape index (κ1) is 18.1. The maximum Gasteiger partial charge on any atom is 0.573 e. The molecule has 1 atom stereocenters. The van der Waals surface area contributed by atoms with Crippen molar-refractivity contribution in [3.8, 4) is 5.75 Å². The van der Waals surface area contributed by atoms with Crippen LogP contribution in [-0.4, -0.2) is 41.3 Å². The van der Waals surface area contributed by atoms with Crippen LogP contribution in [0.3, 0.4) is 0 Å². The number of benzene rings is 1. The minimum Gasteiger partial charge on any atom is -0.481 e. The lowest BCUT2D eigenvalue weighted by Gasteiger charge is -2.28. The van der Waals surface area contributed by atoms with E-state index in [1.807, 2.05) is 0 Å². The molecule has 24 heavy (non-hydrogen) atoms. The van der Waals surface area contributed by atoms with Crippen LogP contribution in [-0.2, 0) is 4.79 Å². The van der Waals surface area contributed by atoms with Gasteiger partial charge in [0.15, 0.2) is 0 Å². The van der Waals surface area contributed by atoms with E-state index in [4.69, 9.17) is 0 Å². The summed E-state index contributed by atoms with van der Waals surface area (Å²) in [5, 5.41) is 9.50. The standard InChI is InChI=1S/C16H18F3NO4/c1-10(2)15(14(22)23)7-8-20(9-15)13(21)11-5-3-4-6-12(11)24-16(17,18)19/h3-6,10H,7-9H2,1-2H3,(H,22,23). The maximum atomic E-state index is 12.6. The number of amides is 1. The number of ether oxygens (including phenoxy) is 1. The molecule has 0 radical (unpaired) electrons. The van der Waals surface area contributed by atoms with Crippen LogP contribution in [0.4, 0.5) is 13.2 Å². The normalized spacial score (nSPS) is 21.2. The van der Waals surface area contributed by atoms with Crippen molar-refractivity contribution in [1.82, 2.24) is 4.90 Å². The second kappa shape index (κ2) is 6.33. The molecule has 1 aromatic carbocycles. The Hall–Kier alpha value is -2.25. The third-order valence-corrected chi connectivity index (χ3v) is 4.46. The van der Waals surface area contributed by atoms with E-state index in [1.54, 1.807) is 13.8 Å². The Bertz CT molecular complexity index is 644. The van der Waals surface area contributed by atoms with Crippen molar-refractivity contribution in [1.29, 1.82) is 0 Å². The summed E-state index contributed by atoms with van der Waals surface area (Å²) in [6.07, 6.45) is -4.65. The minimum atomic E-state index is -4.91. The monoisotopic (exact) mass is 345 g/mol. The smallest absolute Gasteiger partial charge is 0.481 e. The Morgan fingerprint density at radius 3 is 2.42 bits per heavy atom. The zero-order chi connectivity index (χ0) is 18.1. The zero-order valence-corrected chi connectivity index (χ0v) is 13.3. The van der Waals surface area contributed by atoms with Gasteiger partial charge in [0.1, 0.15) is 5.75 Å². The lowest BCUT2D eigenvalue weighted by Crippen LogP contribution is -2.40. The van der Waals surface area contributed by atoms with Crippen molar-refractivity contribution in [3.05, 3.63) is 29.8 Å². The van der Waals surface area contributed by atoms with Gasteiger partial charge in [0.05, 0.1) is 11.0 Å². The van der Waals surface area contributed by atoms with E-state index in [2.05, 4.69) is 4.74 Å². The van der Waals surface area contributed by atoms with Gasteiger partial charge in [-0.1, -0.05) is 26.0 Å². The van der Waals surface area contributed by atoms with Crippen LogP contribution < -0.4 is 4.74 Å². The van der Waals surface area contributed by atoms with E-state index in [0.717, 1.165) is 6.07 Å². The number of carbonyl (C=O) groups is 2. The molecule has 0 aliphatic carbocycles. The first-order valence-electron chi connectivity index (χ1n) is 7.44. The van der Waals surface area contributed by atoms with E-state index >= 15 is 0 Å². The van der Waals surface area contributed by atoms with Gasteiger partial charge in [-0.15, -0.1) is 13.2 Å². The number of rotatable bonds is 4. The highest BCUT2D eigenvalue weighted by Gasteiger charge is 2.49. The predicted molar refractivity (Wildman–Crippen MR) is 78.6 cm³/mol. The highest BCUT2D eigenvalue weighted by molar-refractivity contribution is 5.97. The van der Waals surface area contributed by atoms with Crippen LogP contribution in [0.25, 0.3) is 0 Å². The summed E-state index contributed by atoms with van der Waals surface area (Å²) in [6.45, 7) is 3.63. The van der Waals surface area contributed by atoms with Gasteiger partial charge in [-0.05, 0) is 24.5 Å². The molecular formula is C16H18F3NO4. The highest BCUT2D eigenvalue weighted by atomic mass is 19.4. The van der Waals surface area contributed by atoms with Gasteiger partial charge in [0, 0.05) is 13.1 Å². The molecule has 1 amide bonds. The van der Waals surface area contributed by atoms with Gasteiger partial charge >= 0.3 is 12.3 Å². The molecule has 0 aromatic heterocycles. The molecule has 132 valence electrons. The third-order valence-electron chi connectivity index (χ3n) is 4.46. The highest BCUT2D eigenvalue weighted by Crippen LogP contribution is 2.39. The minimum absolute atomic E-state index is 0.0425. The van der Waals surface area contributed by atoms with E-state index in [0.29, 0.717) is 0 Å². The molecule has 5 nitrogen and oxygen atoms in total. The Balaban J connectivity index is 2.27.